The van der Waals surface area contributed by atoms with E-state index in [0.29, 0.717) is 30.3 Å². The number of hydrogen-bond donors (Lipinski definition) is 0. The van der Waals surface area contributed by atoms with E-state index < -0.39 is 0 Å². The molecule has 0 aromatic heterocycles. The largest absolute Gasteiger partial charge is 0.486 e. The number of benzene rings is 1. The lowest BCUT2D eigenvalue weighted by Crippen LogP contribution is -2.16. The van der Waals surface area contributed by atoms with Crippen molar-refractivity contribution in [1.82, 2.24) is 0 Å². The van der Waals surface area contributed by atoms with Crippen LogP contribution in [0.4, 0.5) is 4.39 Å². The maximum absolute atomic E-state index is 14.0. The topological polar surface area (TPSA) is 18.5 Å². The second-order valence-electron chi connectivity index (χ2n) is 4.15. The van der Waals surface area contributed by atoms with Crippen LogP contribution in [0.15, 0.2) is 24.8 Å². The number of hydrogen-bond acceptors (Lipinski definition) is 2. The minimum absolute atomic E-state index is 0.156. The third kappa shape index (κ3) is 2.43. The SMILES string of the molecule is C=CCC(CC)c1cc2c(cc1F)OCCO2. The molecule has 1 aliphatic heterocycles. The fraction of sp³-hybridized carbons (Fsp3) is 0.429. The summed E-state index contributed by atoms with van der Waals surface area (Å²) in [4.78, 5) is 0. The Kier molecular flexibility index (Phi) is 3.67. The lowest BCUT2D eigenvalue weighted by atomic mass is 9.92. The molecule has 2 rings (SSSR count). The average molecular weight is 236 g/mol. The van der Waals surface area contributed by atoms with Crippen LogP contribution in [-0.2, 0) is 0 Å². The van der Waals surface area contributed by atoms with Gasteiger partial charge in [-0.15, -0.1) is 6.58 Å². The minimum atomic E-state index is -0.219. The van der Waals surface area contributed by atoms with Crippen LogP contribution >= 0.6 is 0 Å². The van der Waals surface area contributed by atoms with Crippen molar-refractivity contribution in [1.29, 1.82) is 0 Å². The van der Waals surface area contributed by atoms with Gasteiger partial charge in [-0.1, -0.05) is 13.0 Å². The fourth-order valence-electron chi connectivity index (χ4n) is 2.11. The molecule has 0 saturated heterocycles. The van der Waals surface area contributed by atoms with Gasteiger partial charge in [0.2, 0.25) is 0 Å². The highest BCUT2D eigenvalue weighted by molar-refractivity contribution is 5.45. The second kappa shape index (κ2) is 5.21. The zero-order chi connectivity index (χ0) is 12.3. The van der Waals surface area contributed by atoms with E-state index >= 15 is 0 Å². The van der Waals surface area contributed by atoms with Gasteiger partial charge in [-0.05, 0) is 30.4 Å². The molecule has 0 N–H and O–H groups in total. The van der Waals surface area contributed by atoms with E-state index in [1.165, 1.54) is 6.07 Å². The molecule has 1 unspecified atom stereocenters. The van der Waals surface area contributed by atoms with Crippen molar-refractivity contribution >= 4 is 0 Å². The molecule has 1 aromatic rings. The molecule has 0 saturated carbocycles. The molecule has 0 spiro atoms. The monoisotopic (exact) mass is 236 g/mol. The lowest BCUT2D eigenvalue weighted by Gasteiger charge is -2.21. The normalized spacial score (nSPS) is 15.4. The van der Waals surface area contributed by atoms with Crippen LogP contribution < -0.4 is 9.47 Å². The van der Waals surface area contributed by atoms with E-state index in [4.69, 9.17) is 9.47 Å². The molecule has 0 bridgehead atoms. The van der Waals surface area contributed by atoms with Crippen LogP contribution in [0.3, 0.4) is 0 Å². The quantitative estimate of drug-likeness (QED) is 0.743. The third-order valence-electron chi connectivity index (χ3n) is 3.05. The number of allylic oxidation sites excluding steroid dienone is 1. The summed E-state index contributed by atoms with van der Waals surface area (Å²) in [5, 5.41) is 0. The number of halogens is 1. The summed E-state index contributed by atoms with van der Waals surface area (Å²) in [7, 11) is 0. The van der Waals surface area contributed by atoms with Gasteiger partial charge in [0.05, 0.1) is 0 Å². The Hall–Kier alpha value is -1.51. The Morgan fingerprint density at radius 2 is 2.00 bits per heavy atom. The molecule has 1 atom stereocenters. The van der Waals surface area contributed by atoms with Gasteiger partial charge in [0.15, 0.2) is 11.5 Å². The van der Waals surface area contributed by atoms with Gasteiger partial charge in [0.1, 0.15) is 19.0 Å². The predicted octanol–water partition coefficient (Wildman–Crippen LogP) is 3.67. The first-order chi connectivity index (χ1) is 8.26. The van der Waals surface area contributed by atoms with Gasteiger partial charge in [-0.25, -0.2) is 4.39 Å². The van der Waals surface area contributed by atoms with Crippen LogP contribution in [0, 0.1) is 5.82 Å². The van der Waals surface area contributed by atoms with Crippen LogP contribution in [0.1, 0.15) is 31.2 Å². The van der Waals surface area contributed by atoms with Gasteiger partial charge in [-0.2, -0.15) is 0 Å². The van der Waals surface area contributed by atoms with E-state index in [9.17, 15) is 4.39 Å². The van der Waals surface area contributed by atoms with Crippen LogP contribution in [-0.4, -0.2) is 13.2 Å². The van der Waals surface area contributed by atoms with Gasteiger partial charge in [0, 0.05) is 6.07 Å². The molecule has 1 aliphatic rings. The van der Waals surface area contributed by atoms with Crippen molar-refractivity contribution in [3.63, 3.8) is 0 Å². The van der Waals surface area contributed by atoms with Crippen LogP contribution in [0.5, 0.6) is 11.5 Å². The van der Waals surface area contributed by atoms with Crippen molar-refractivity contribution in [2.75, 3.05) is 13.2 Å². The summed E-state index contributed by atoms with van der Waals surface area (Å²) < 4.78 is 24.8. The molecular formula is C14H17FO2. The zero-order valence-electron chi connectivity index (χ0n) is 10.0. The summed E-state index contributed by atoms with van der Waals surface area (Å²) in [5.74, 6) is 1.09. The minimum Gasteiger partial charge on any atom is -0.486 e. The summed E-state index contributed by atoms with van der Waals surface area (Å²) in [6.07, 6.45) is 3.47. The summed E-state index contributed by atoms with van der Waals surface area (Å²) in [5.41, 5.74) is 0.691. The Morgan fingerprint density at radius 1 is 1.35 bits per heavy atom. The van der Waals surface area contributed by atoms with E-state index in [-0.39, 0.29) is 11.7 Å². The number of fused-ring (bicyclic) bond motifs is 1. The Labute approximate surface area is 101 Å². The molecule has 17 heavy (non-hydrogen) atoms. The Balaban J connectivity index is 2.36. The molecule has 0 radical (unpaired) electrons. The van der Waals surface area contributed by atoms with Crippen molar-refractivity contribution in [3.8, 4) is 11.5 Å². The first-order valence-corrected chi connectivity index (χ1v) is 5.96. The standard InChI is InChI=1S/C14H17FO2/c1-3-5-10(4-2)11-8-13-14(9-12(11)15)17-7-6-16-13/h3,8-10H,1,4-7H2,2H3. The highest BCUT2D eigenvalue weighted by Gasteiger charge is 2.19. The third-order valence-corrected chi connectivity index (χ3v) is 3.05. The van der Waals surface area contributed by atoms with Crippen molar-refractivity contribution in [2.24, 2.45) is 0 Å². The van der Waals surface area contributed by atoms with Crippen molar-refractivity contribution in [2.45, 2.75) is 25.7 Å². The van der Waals surface area contributed by atoms with Crippen molar-refractivity contribution < 1.29 is 13.9 Å². The highest BCUT2D eigenvalue weighted by atomic mass is 19.1. The Morgan fingerprint density at radius 3 is 2.59 bits per heavy atom. The molecule has 3 heteroatoms. The maximum atomic E-state index is 14.0. The molecule has 1 heterocycles. The first kappa shape index (κ1) is 12.0. The molecule has 2 nitrogen and oxygen atoms in total. The van der Waals surface area contributed by atoms with E-state index in [2.05, 4.69) is 6.58 Å². The summed E-state index contributed by atoms with van der Waals surface area (Å²) in [6.45, 7) is 6.76. The lowest BCUT2D eigenvalue weighted by molar-refractivity contribution is 0.170. The van der Waals surface area contributed by atoms with Gasteiger partial charge >= 0.3 is 0 Å². The summed E-state index contributed by atoms with van der Waals surface area (Å²) >= 11 is 0. The predicted molar refractivity (Wildman–Crippen MR) is 65.2 cm³/mol. The van der Waals surface area contributed by atoms with E-state index in [1.807, 2.05) is 13.0 Å². The van der Waals surface area contributed by atoms with Crippen molar-refractivity contribution in [3.05, 3.63) is 36.2 Å². The summed E-state index contributed by atoms with van der Waals surface area (Å²) in [6, 6.07) is 3.19. The molecular weight excluding hydrogens is 219 g/mol. The molecule has 0 fully saturated rings. The van der Waals surface area contributed by atoms with Gasteiger partial charge in [0.25, 0.3) is 0 Å². The van der Waals surface area contributed by atoms with Gasteiger partial charge in [-0.3, -0.25) is 0 Å². The first-order valence-electron chi connectivity index (χ1n) is 5.96. The van der Waals surface area contributed by atoms with E-state index in [1.54, 1.807) is 6.07 Å². The van der Waals surface area contributed by atoms with Crippen LogP contribution in [0.2, 0.25) is 0 Å². The fourth-order valence-corrected chi connectivity index (χ4v) is 2.11. The highest BCUT2D eigenvalue weighted by Crippen LogP contribution is 2.37. The van der Waals surface area contributed by atoms with Crippen LogP contribution in [0.25, 0.3) is 0 Å². The van der Waals surface area contributed by atoms with Gasteiger partial charge < -0.3 is 9.47 Å². The zero-order valence-corrected chi connectivity index (χ0v) is 10.0. The molecule has 0 amide bonds. The Bertz CT molecular complexity index is 415. The number of rotatable bonds is 4. The maximum Gasteiger partial charge on any atom is 0.164 e. The van der Waals surface area contributed by atoms with E-state index in [0.717, 1.165) is 12.8 Å². The molecule has 92 valence electrons. The second-order valence-corrected chi connectivity index (χ2v) is 4.15. The molecule has 1 aromatic carbocycles. The average Bonchev–Trinajstić information content (AvgIpc) is 2.35. The smallest absolute Gasteiger partial charge is 0.164 e. The number of ether oxygens (including phenoxy) is 2. The molecule has 0 aliphatic carbocycles.